The van der Waals surface area contributed by atoms with Gasteiger partial charge in [0, 0.05) is 18.0 Å². The van der Waals surface area contributed by atoms with Crippen molar-refractivity contribution in [2.45, 2.75) is 35.8 Å². The zero-order chi connectivity index (χ0) is 24.6. The largest absolute Gasteiger partial charge is 0.506 e. The first-order valence-corrected chi connectivity index (χ1v) is 12.6. The van der Waals surface area contributed by atoms with Crippen LogP contribution in [0, 0.1) is 5.82 Å². The number of thioether (sulfide) groups is 1. The van der Waals surface area contributed by atoms with Crippen molar-refractivity contribution in [2.75, 3.05) is 25.0 Å². The van der Waals surface area contributed by atoms with Crippen molar-refractivity contribution in [2.24, 2.45) is 0 Å². The van der Waals surface area contributed by atoms with Crippen LogP contribution in [0.1, 0.15) is 28.4 Å². The second-order valence-corrected chi connectivity index (χ2v) is 9.66. The van der Waals surface area contributed by atoms with E-state index in [9.17, 15) is 19.4 Å². The summed E-state index contributed by atoms with van der Waals surface area (Å²) in [6.07, 6.45) is 1.49. The van der Waals surface area contributed by atoms with Gasteiger partial charge < -0.3 is 31.0 Å². The van der Waals surface area contributed by atoms with Gasteiger partial charge in [0.25, 0.3) is 0 Å². The van der Waals surface area contributed by atoms with Crippen LogP contribution in [0.5, 0.6) is 5.75 Å². The molecule has 0 radical (unpaired) electrons. The van der Waals surface area contributed by atoms with Gasteiger partial charge in [-0.2, -0.15) is 0 Å². The SMILES string of the molecule is O=CC1Nc2c(O)ccc([C@@H](O)CNCCc3cccc(CNCCc4ccccc4F)c3)c2S1. The zero-order valence-corrected chi connectivity index (χ0v) is 20.2. The number of phenolic OH excluding ortho intramolecular Hbond substituents is 1. The highest BCUT2D eigenvalue weighted by Gasteiger charge is 2.28. The van der Waals surface area contributed by atoms with E-state index in [2.05, 4.69) is 34.1 Å². The number of carbonyl (C=O) groups excluding carboxylic acids is 1. The van der Waals surface area contributed by atoms with E-state index >= 15 is 0 Å². The van der Waals surface area contributed by atoms with Gasteiger partial charge in [-0.15, -0.1) is 0 Å². The Labute approximate surface area is 209 Å². The molecular formula is C27H30FN3O3S. The minimum absolute atomic E-state index is 0.0716. The number of carbonyl (C=O) groups is 1. The number of rotatable bonds is 12. The van der Waals surface area contributed by atoms with E-state index in [0.29, 0.717) is 48.7 Å². The molecule has 3 aromatic rings. The Hall–Kier alpha value is -2.91. The number of phenols is 1. The Kier molecular flexibility index (Phi) is 8.76. The fourth-order valence-electron chi connectivity index (χ4n) is 4.11. The molecule has 3 aromatic carbocycles. The molecule has 1 heterocycles. The van der Waals surface area contributed by atoms with Crippen molar-refractivity contribution in [3.8, 4) is 5.75 Å². The highest BCUT2D eigenvalue weighted by atomic mass is 32.2. The molecule has 0 fully saturated rings. The molecule has 6 nitrogen and oxygen atoms in total. The maximum atomic E-state index is 13.7. The molecule has 2 atom stereocenters. The molecule has 35 heavy (non-hydrogen) atoms. The van der Waals surface area contributed by atoms with Crippen LogP contribution in [0.15, 0.2) is 65.6 Å². The Bertz CT molecular complexity index is 1160. The molecule has 8 heteroatoms. The maximum absolute atomic E-state index is 13.7. The van der Waals surface area contributed by atoms with Crippen LogP contribution in [0.3, 0.4) is 0 Å². The summed E-state index contributed by atoms with van der Waals surface area (Å²) in [6.45, 7) is 2.48. The smallest absolute Gasteiger partial charge is 0.152 e. The van der Waals surface area contributed by atoms with E-state index < -0.39 is 11.5 Å². The molecular weight excluding hydrogens is 465 g/mol. The van der Waals surface area contributed by atoms with E-state index in [4.69, 9.17) is 0 Å². The van der Waals surface area contributed by atoms with Crippen LogP contribution in [-0.2, 0) is 24.2 Å². The lowest BCUT2D eigenvalue weighted by Crippen LogP contribution is -2.24. The van der Waals surface area contributed by atoms with Crippen molar-refractivity contribution >= 4 is 23.7 Å². The van der Waals surface area contributed by atoms with Crippen LogP contribution in [0.4, 0.5) is 10.1 Å². The predicted octanol–water partition coefficient (Wildman–Crippen LogP) is 3.77. The number of aliphatic hydroxyl groups is 1. The van der Waals surface area contributed by atoms with Crippen LogP contribution < -0.4 is 16.0 Å². The van der Waals surface area contributed by atoms with E-state index in [1.807, 2.05) is 18.2 Å². The average Bonchev–Trinajstić information content (AvgIpc) is 3.31. The predicted molar refractivity (Wildman–Crippen MR) is 137 cm³/mol. The lowest BCUT2D eigenvalue weighted by Gasteiger charge is -2.16. The molecule has 4 rings (SSSR count). The normalized spacial score (nSPS) is 15.4. The fraction of sp³-hybridized carbons (Fsp3) is 0.296. The summed E-state index contributed by atoms with van der Waals surface area (Å²) in [5.41, 5.74) is 4.28. The Morgan fingerprint density at radius 2 is 1.83 bits per heavy atom. The Morgan fingerprint density at radius 1 is 1.03 bits per heavy atom. The highest BCUT2D eigenvalue weighted by molar-refractivity contribution is 8.01. The minimum Gasteiger partial charge on any atom is -0.506 e. The van der Waals surface area contributed by atoms with Gasteiger partial charge in [-0.05, 0) is 60.3 Å². The van der Waals surface area contributed by atoms with Crippen molar-refractivity contribution in [1.29, 1.82) is 0 Å². The number of benzene rings is 3. The molecule has 1 unspecified atom stereocenters. The van der Waals surface area contributed by atoms with Gasteiger partial charge in [-0.25, -0.2) is 4.39 Å². The topological polar surface area (TPSA) is 93.6 Å². The van der Waals surface area contributed by atoms with Crippen molar-refractivity contribution in [1.82, 2.24) is 10.6 Å². The monoisotopic (exact) mass is 495 g/mol. The second-order valence-electron chi connectivity index (χ2n) is 8.50. The molecule has 5 N–H and O–H groups in total. The first-order valence-electron chi connectivity index (χ1n) is 11.7. The maximum Gasteiger partial charge on any atom is 0.152 e. The third-order valence-corrected chi connectivity index (χ3v) is 7.12. The number of aromatic hydroxyl groups is 1. The number of anilines is 1. The molecule has 1 aliphatic rings. The summed E-state index contributed by atoms with van der Waals surface area (Å²) in [5, 5.41) is 29.9. The zero-order valence-electron chi connectivity index (χ0n) is 19.3. The molecule has 0 spiro atoms. The van der Waals surface area contributed by atoms with E-state index in [0.717, 1.165) is 18.3 Å². The Morgan fingerprint density at radius 3 is 2.66 bits per heavy atom. The lowest BCUT2D eigenvalue weighted by atomic mass is 10.1. The molecule has 0 aromatic heterocycles. The van der Waals surface area contributed by atoms with E-state index in [-0.39, 0.29) is 11.6 Å². The molecule has 0 bridgehead atoms. The first-order chi connectivity index (χ1) is 17.0. The number of aldehydes is 1. The molecule has 0 aliphatic carbocycles. The first kappa shape index (κ1) is 25.2. The fourth-order valence-corrected chi connectivity index (χ4v) is 5.22. The summed E-state index contributed by atoms with van der Waals surface area (Å²) in [6, 6.07) is 18.4. The molecule has 184 valence electrons. The highest BCUT2D eigenvalue weighted by Crippen LogP contribution is 2.46. The summed E-state index contributed by atoms with van der Waals surface area (Å²) >= 11 is 1.30. The summed E-state index contributed by atoms with van der Waals surface area (Å²) in [4.78, 5) is 11.8. The molecule has 1 aliphatic heterocycles. The van der Waals surface area contributed by atoms with Crippen molar-refractivity contribution in [3.63, 3.8) is 0 Å². The number of aliphatic hydroxyl groups excluding tert-OH is 1. The Balaban J connectivity index is 1.21. The van der Waals surface area contributed by atoms with Gasteiger partial charge in [0.15, 0.2) is 6.29 Å². The van der Waals surface area contributed by atoms with Gasteiger partial charge >= 0.3 is 0 Å². The summed E-state index contributed by atoms with van der Waals surface area (Å²) < 4.78 is 13.7. The number of halogens is 1. The van der Waals surface area contributed by atoms with Gasteiger partial charge in [0.1, 0.15) is 16.9 Å². The number of fused-ring (bicyclic) bond motifs is 1. The van der Waals surface area contributed by atoms with Crippen LogP contribution in [0.25, 0.3) is 0 Å². The van der Waals surface area contributed by atoms with Crippen molar-refractivity contribution < 1.29 is 19.4 Å². The third-order valence-electron chi connectivity index (χ3n) is 5.96. The lowest BCUT2D eigenvalue weighted by molar-refractivity contribution is -0.107. The molecule has 0 saturated carbocycles. The number of hydrogen-bond acceptors (Lipinski definition) is 7. The molecule has 0 amide bonds. The summed E-state index contributed by atoms with van der Waals surface area (Å²) in [5.74, 6) is -0.0911. The van der Waals surface area contributed by atoms with E-state index in [1.54, 1.807) is 12.1 Å². The van der Waals surface area contributed by atoms with Gasteiger partial charge in [-0.1, -0.05) is 60.3 Å². The van der Waals surface area contributed by atoms with Crippen LogP contribution >= 0.6 is 11.8 Å². The second kappa shape index (κ2) is 12.2. The van der Waals surface area contributed by atoms with Crippen LogP contribution in [-0.4, -0.2) is 41.5 Å². The van der Waals surface area contributed by atoms with Gasteiger partial charge in [-0.3, -0.25) is 0 Å². The van der Waals surface area contributed by atoms with Gasteiger partial charge in [0.2, 0.25) is 0 Å². The number of nitrogens with one attached hydrogen (secondary N) is 3. The van der Waals surface area contributed by atoms with Crippen LogP contribution in [0.2, 0.25) is 0 Å². The molecule has 0 saturated heterocycles. The quantitative estimate of drug-likeness (QED) is 0.148. The standard InChI is InChI=1S/C27H30FN3O3S/c28-22-7-2-1-6-20(22)11-13-29-15-19-5-3-4-18(14-19)10-12-30-16-24(34)21-8-9-23(33)26-27(21)35-25(17-32)31-26/h1-9,14,17,24-25,29-31,33-34H,10-13,15-16H2/t24-,25?/m0/s1. The van der Waals surface area contributed by atoms with Gasteiger partial charge in [0.05, 0.1) is 11.8 Å². The van der Waals surface area contributed by atoms with Crippen molar-refractivity contribution in [3.05, 3.63) is 88.7 Å². The third kappa shape index (κ3) is 6.61. The average molecular weight is 496 g/mol. The minimum atomic E-state index is -0.756. The van der Waals surface area contributed by atoms with E-state index in [1.165, 1.54) is 35.0 Å². The summed E-state index contributed by atoms with van der Waals surface area (Å²) in [7, 11) is 0. The number of hydrogen-bond donors (Lipinski definition) is 5.